The second-order valence-electron chi connectivity index (χ2n) is 7.78. The molecule has 0 unspecified atom stereocenters. The summed E-state index contributed by atoms with van der Waals surface area (Å²) in [5, 5.41) is 12.2. The first-order valence-corrected chi connectivity index (χ1v) is 10.8. The lowest BCUT2D eigenvalue weighted by Crippen LogP contribution is -3.16. The molecule has 0 bridgehead atoms. The van der Waals surface area contributed by atoms with Crippen LogP contribution in [0.25, 0.3) is 0 Å². The van der Waals surface area contributed by atoms with Gasteiger partial charge in [-0.15, -0.1) is 0 Å². The zero-order chi connectivity index (χ0) is 19.7. The van der Waals surface area contributed by atoms with Crippen molar-refractivity contribution in [1.29, 1.82) is 5.26 Å². The highest BCUT2D eigenvalue weighted by molar-refractivity contribution is 7.89. The van der Waals surface area contributed by atoms with Gasteiger partial charge in [0.2, 0.25) is 10.0 Å². The van der Waals surface area contributed by atoms with Crippen LogP contribution in [0, 0.1) is 24.2 Å². The molecule has 3 rings (SSSR count). The summed E-state index contributed by atoms with van der Waals surface area (Å²) < 4.78 is 27.0. The molecule has 1 amide bonds. The molecule has 2 aliphatic rings. The Labute approximate surface area is 161 Å². The van der Waals surface area contributed by atoms with E-state index in [1.54, 1.807) is 31.2 Å². The fourth-order valence-corrected chi connectivity index (χ4v) is 4.96. The largest absolute Gasteiger partial charge is 0.333 e. The Morgan fingerprint density at radius 2 is 1.89 bits per heavy atom. The van der Waals surface area contributed by atoms with E-state index in [0.29, 0.717) is 31.1 Å². The van der Waals surface area contributed by atoms with E-state index >= 15 is 0 Å². The molecule has 2 fully saturated rings. The van der Waals surface area contributed by atoms with Gasteiger partial charge in [-0.25, -0.2) is 8.42 Å². The smallest absolute Gasteiger partial charge is 0.276 e. The molecular formula is C19H27N4O3S+. The summed E-state index contributed by atoms with van der Waals surface area (Å²) in [6.45, 7) is 5.89. The fourth-order valence-electron chi connectivity index (χ4n) is 3.52. The van der Waals surface area contributed by atoms with Crippen LogP contribution in [-0.4, -0.2) is 56.9 Å². The lowest BCUT2D eigenvalue weighted by atomic mass is 9.98. The van der Waals surface area contributed by atoms with Crippen LogP contribution in [0.15, 0.2) is 29.2 Å². The predicted octanol–water partition coefficient (Wildman–Crippen LogP) is -0.307. The van der Waals surface area contributed by atoms with E-state index in [1.807, 2.05) is 6.92 Å². The Hall–Kier alpha value is -1.95. The molecule has 1 heterocycles. The van der Waals surface area contributed by atoms with Crippen LogP contribution in [0.4, 0.5) is 0 Å². The molecule has 1 aromatic carbocycles. The first-order valence-electron chi connectivity index (χ1n) is 9.37. The molecule has 2 N–H and O–H groups in total. The number of nitriles is 1. The fraction of sp³-hybridized carbons (Fsp3) is 0.579. The van der Waals surface area contributed by atoms with E-state index in [-0.39, 0.29) is 18.4 Å². The van der Waals surface area contributed by atoms with Crippen LogP contribution in [0.5, 0.6) is 0 Å². The molecule has 1 saturated carbocycles. The third-order valence-electron chi connectivity index (χ3n) is 5.52. The van der Waals surface area contributed by atoms with E-state index in [1.165, 1.54) is 4.31 Å². The number of nitrogens with zero attached hydrogens (tertiary/aromatic N) is 2. The van der Waals surface area contributed by atoms with Crippen LogP contribution in [0.3, 0.4) is 0 Å². The molecular weight excluding hydrogens is 364 g/mol. The molecule has 8 heteroatoms. The highest BCUT2D eigenvalue weighted by atomic mass is 32.2. The zero-order valence-corrected chi connectivity index (χ0v) is 16.7. The number of quaternary nitrogens is 1. The van der Waals surface area contributed by atoms with E-state index in [2.05, 4.69) is 11.4 Å². The minimum atomic E-state index is -3.49. The molecule has 1 atom stereocenters. The quantitative estimate of drug-likeness (QED) is 0.696. The molecule has 7 nitrogen and oxygen atoms in total. The number of amides is 1. The average molecular weight is 392 g/mol. The first-order chi connectivity index (χ1) is 12.7. The Bertz CT molecular complexity index is 835. The van der Waals surface area contributed by atoms with Crippen molar-refractivity contribution in [2.75, 3.05) is 32.7 Å². The molecule has 27 heavy (non-hydrogen) atoms. The predicted molar refractivity (Wildman–Crippen MR) is 100 cm³/mol. The van der Waals surface area contributed by atoms with Crippen LogP contribution in [-0.2, 0) is 14.8 Å². The maximum atomic E-state index is 12.7. The summed E-state index contributed by atoms with van der Waals surface area (Å²) >= 11 is 0. The van der Waals surface area contributed by atoms with Gasteiger partial charge in [0.1, 0.15) is 5.54 Å². The first kappa shape index (κ1) is 19.8. The van der Waals surface area contributed by atoms with Gasteiger partial charge >= 0.3 is 0 Å². The number of carbonyl (C=O) groups excluding carboxylic acids is 1. The van der Waals surface area contributed by atoms with Crippen molar-refractivity contribution < 1.29 is 18.1 Å². The van der Waals surface area contributed by atoms with Gasteiger partial charge in [-0.2, -0.15) is 9.57 Å². The molecule has 0 spiro atoms. The minimum absolute atomic E-state index is 0.143. The number of sulfonamides is 1. The molecule has 1 aliphatic heterocycles. The standard InChI is InChI=1S/C19H26N4O3S/c1-15-3-7-17(8-4-15)27(25,26)23-11-9-22(10-12-23)13-18(24)21-19(2,14-20)16-5-6-16/h3-4,7-8,16H,5-6,9-13H2,1-2H3,(H,21,24)/p+1/t19-/m0/s1. The Kier molecular flexibility index (Phi) is 5.56. The Morgan fingerprint density at radius 3 is 2.41 bits per heavy atom. The van der Waals surface area contributed by atoms with Crippen molar-refractivity contribution in [1.82, 2.24) is 9.62 Å². The second kappa shape index (κ2) is 7.58. The SMILES string of the molecule is Cc1ccc(S(=O)(=O)N2CC[NH+](CC(=O)N[C@@](C)(C#N)C3CC3)CC2)cc1. The van der Waals surface area contributed by atoms with Crippen molar-refractivity contribution >= 4 is 15.9 Å². The third kappa shape index (κ3) is 4.49. The lowest BCUT2D eigenvalue weighted by molar-refractivity contribution is -0.895. The van der Waals surface area contributed by atoms with Gasteiger partial charge < -0.3 is 10.2 Å². The molecule has 0 radical (unpaired) electrons. The summed E-state index contributed by atoms with van der Waals surface area (Å²) in [4.78, 5) is 13.7. The number of hydrogen-bond donors (Lipinski definition) is 2. The summed E-state index contributed by atoms with van der Waals surface area (Å²) in [7, 11) is -3.49. The number of benzene rings is 1. The van der Waals surface area contributed by atoms with Crippen LogP contribution in [0.1, 0.15) is 25.3 Å². The highest BCUT2D eigenvalue weighted by Crippen LogP contribution is 2.39. The zero-order valence-electron chi connectivity index (χ0n) is 15.9. The molecule has 146 valence electrons. The highest BCUT2D eigenvalue weighted by Gasteiger charge is 2.43. The lowest BCUT2D eigenvalue weighted by Gasteiger charge is -2.32. The Morgan fingerprint density at radius 1 is 1.30 bits per heavy atom. The van der Waals surface area contributed by atoms with Crippen LogP contribution >= 0.6 is 0 Å². The maximum Gasteiger partial charge on any atom is 0.276 e. The number of rotatable bonds is 6. The normalized spacial score (nSPS) is 21.2. The van der Waals surface area contributed by atoms with Crippen molar-refractivity contribution in [3.8, 4) is 6.07 Å². The number of nitrogens with one attached hydrogen (secondary N) is 2. The molecule has 1 aromatic rings. The minimum Gasteiger partial charge on any atom is -0.333 e. The number of aryl methyl sites for hydroxylation is 1. The molecule has 1 saturated heterocycles. The summed E-state index contributed by atoms with van der Waals surface area (Å²) in [6, 6.07) is 9.10. The van der Waals surface area contributed by atoms with Gasteiger partial charge in [-0.1, -0.05) is 17.7 Å². The van der Waals surface area contributed by atoms with E-state index in [9.17, 15) is 18.5 Å². The van der Waals surface area contributed by atoms with Crippen LogP contribution < -0.4 is 10.2 Å². The van der Waals surface area contributed by atoms with Crippen molar-refractivity contribution in [3.05, 3.63) is 29.8 Å². The van der Waals surface area contributed by atoms with Gasteiger partial charge in [-0.3, -0.25) is 4.79 Å². The summed E-state index contributed by atoms with van der Waals surface area (Å²) in [5.41, 5.74) is 0.234. The summed E-state index contributed by atoms with van der Waals surface area (Å²) in [6.07, 6.45) is 1.96. The van der Waals surface area contributed by atoms with Gasteiger partial charge in [0.15, 0.2) is 6.54 Å². The van der Waals surface area contributed by atoms with Gasteiger partial charge in [0.25, 0.3) is 5.91 Å². The van der Waals surface area contributed by atoms with Crippen molar-refractivity contribution in [2.24, 2.45) is 5.92 Å². The molecule has 0 aromatic heterocycles. The van der Waals surface area contributed by atoms with Crippen molar-refractivity contribution in [3.63, 3.8) is 0 Å². The molecule has 1 aliphatic carbocycles. The number of carbonyl (C=O) groups is 1. The van der Waals surface area contributed by atoms with E-state index in [4.69, 9.17) is 0 Å². The van der Waals surface area contributed by atoms with E-state index in [0.717, 1.165) is 23.3 Å². The van der Waals surface area contributed by atoms with Gasteiger partial charge in [-0.05, 0) is 44.7 Å². The van der Waals surface area contributed by atoms with Crippen LogP contribution in [0.2, 0.25) is 0 Å². The topological polar surface area (TPSA) is 94.7 Å². The maximum absolute atomic E-state index is 12.7. The Balaban J connectivity index is 1.53. The van der Waals surface area contributed by atoms with Gasteiger partial charge in [0, 0.05) is 0 Å². The number of piperazine rings is 1. The van der Waals surface area contributed by atoms with Crippen molar-refractivity contribution in [2.45, 2.75) is 37.1 Å². The van der Waals surface area contributed by atoms with E-state index < -0.39 is 15.6 Å². The second-order valence-corrected chi connectivity index (χ2v) is 9.72. The van der Waals surface area contributed by atoms with Gasteiger partial charge in [0.05, 0.1) is 37.1 Å². The summed E-state index contributed by atoms with van der Waals surface area (Å²) in [5.74, 6) is 0.105. The number of hydrogen-bond acceptors (Lipinski definition) is 4. The monoisotopic (exact) mass is 391 g/mol. The third-order valence-corrected chi connectivity index (χ3v) is 7.44. The average Bonchev–Trinajstić information content (AvgIpc) is 3.48.